The SMILES string of the molecule is O=C([O-])CC[C@H](O)CC(=O)[O-]. The van der Waals surface area contributed by atoms with E-state index in [1.54, 1.807) is 0 Å². The third-order valence-electron chi connectivity index (χ3n) is 1.08. The molecule has 0 aromatic heterocycles. The van der Waals surface area contributed by atoms with E-state index in [-0.39, 0.29) is 12.8 Å². The average Bonchev–Trinajstić information content (AvgIpc) is 1.82. The molecule has 0 aliphatic carbocycles. The van der Waals surface area contributed by atoms with Crippen LogP contribution in [0.1, 0.15) is 19.3 Å². The fraction of sp³-hybridized carbons (Fsp3) is 0.667. The number of carboxylic acid groups (broad SMARTS) is 2. The Bertz CT molecular complexity index is 153. The van der Waals surface area contributed by atoms with Gasteiger partial charge in [0.15, 0.2) is 0 Å². The van der Waals surface area contributed by atoms with E-state index in [1.807, 2.05) is 0 Å². The van der Waals surface area contributed by atoms with Crippen LogP contribution >= 0.6 is 0 Å². The molecule has 0 aliphatic rings. The predicted molar refractivity (Wildman–Crippen MR) is 29.9 cm³/mol. The zero-order valence-electron chi connectivity index (χ0n) is 5.78. The van der Waals surface area contributed by atoms with Gasteiger partial charge in [0, 0.05) is 18.4 Å². The molecule has 0 aliphatic heterocycles. The Kier molecular flexibility index (Phi) is 4.21. The lowest BCUT2D eigenvalue weighted by molar-refractivity contribution is -0.310. The van der Waals surface area contributed by atoms with Crippen molar-refractivity contribution in [2.24, 2.45) is 0 Å². The van der Waals surface area contributed by atoms with E-state index in [0.717, 1.165) is 0 Å². The van der Waals surface area contributed by atoms with Gasteiger partial charge in [-0.25, -0.2) is 0 Å². The summed E-state index contributed by atoms with van der Waals surface area (Å²) in [6, 6.07) is 0. The molecule has 0 saturated heterocycles. The second-order valence-electron chi connectivity index (χ2n) is 2.14. The summed E-state index contributed by atoms with van der Waals surface area (Å²) in [6.45, 7) is 0. The Hall–Kier alpha value is -1.10. The number of aliphatic hydroxyl groups excluding tert-OH is 1. The van der Waals surface area contributed by atoms with E-state index >= 15 is 0 Å². The molecule has 5 heteroatoms. The average molecular weight is 160 g/mol. The van der Waals surface area contributed by atoms with Gasteiger partial charge < -0.3 is 24.9 Å². The molecule has 0 rings (SSSR count). The van der Waals surface area contributed by atoms with Crippen molar-refractivity contribution in [2.45, 2.75) is 25.4 Å². The maximum absolute atomic E-state index is 9.82. The zero-order chi connectivity index (χ0) is 8.85. The molecule has 0 saturated carbocycles. The van der Waals surface area contributed by atoms with Crippen LogP contribution in [0.2, 0.25) is 0 Å². The van der Waals surface area contributed by atoms with Crippen molar-refractivity contribution < 1.29 is 24.9 Å². The lowest BCUT2D eigenvalue weighted by atomic mass is 10.1. The van der Waals surface area contributed by atoms with Crippen LogP contribution < -0.4 is 10.2 Å². The lowest BCUT2D eigenvalue weighted by Crippen LogP contribution is -2.29. The van der Waals surface area contributed by atoms with Gasteiger partial charge in [0.1, 0.15) is 0 Å². The molecule has 1 N–H and O–H groups in total. The highest BCUT2D eigenvalue weighted by Crippen LogP contribution is 1.99. The van der Waals surface area contributed by atoms with Crippen LogP contribution in [0.3, 0.4) is 0 Å². The van der Waals surface area contributed by atoms with Crippen LogP contribution in [0.5, 0.6) is 0 Å². The Labute approximate surface area is 63.3 Å². The number of rotatable bonds is 5. The van der Waals surface area contributed by atoms with Gasteiger partial charge in [-0.3, -0.25) is 0 Å². The largest absolute Gasteiger partial charge is 0.550 e. The van der Waals surface area contributed by atoms with Crippen LogP contribution in [-0.4, -0.2) is 23.1 Å². The van der Waals surface area contributed by atoms with Crippen LogP contribution in [0.4, 0.5) is 0 Å². The van der Waals surface area contributed by atoms with Gasteiger partial charge in [0.05, 0.1) is 6.10 Å². The van der Waals surface area contributed by atoms with Gasteiger partial charge in [-0.15, -0.1) is 0 Å². The second-order valence-corrected chi connectivity index (χ2v) is 2.14. The van der Waals surface area contributed by atoms with Gasteiger partial charge in [-0.05, 0) is 12.8 Å². The number of hydrogen-bond donors (Lipinski definition) is 1. The summed E-state index contributed by atoms with van der Waals surface area (Å²) in [6.07, 6.45) is -2.14. The number of carboxylic acids is 2. The molecule has 0 spiro atoms. The second kappa shape index (κ2) is 4.68. The fourth-order valence-electron chi connectivity index (χ4n) is 0.579. The quantitative estimate of drug-likeness (QED) is 0.462. The predicted octanol–water partition coefficient (Wildman–Crippen LogP) is -2.98. The summed E-state index contributed by atoms with van der Waals surface area (Å²) < 4.78 is 0. The highest BCUT2D eigenvalue weighted by molar-refractivity contribution is 5.66. The van der Waals surface area contributed by atoms with Crippen molar-refractivity contribution in [3.05, 3.63) is 0 Å². The summed E-state index contributed by atoms with van der Waals surface area (Å²) in [5.74, 6) is -2.70. The Balaban J connectivity index is 3.44. The molecular formula is C6H8O5-2. The molecule has 0 aromatic rings. The molecule has 5 nitrogen and oxygen atoms in total. The monoisotopic (exact) mass is 160 g/mol. The van der Waals surface area contributed by atoms with Gasteiger partial charge >= 0.3 is 0 Å². The Morgan fingerprint density at radius 1 is 1.27 bits per heavy atom. The number of hydrogen-bond acceptors (Lipinski definition) is 5. The summed E-state index contributed by atoms with van der Waals surface area (Å²) in [4.78, 5) is 19.6. The van der Waals surface area contributed by atoms with E-state index in [0.29, 0.717) is 0 Å². The molecule has 0 heterocycles. The molecule has 0 radical (unpaired) electrons. The van der Waals surface area contributed by atoms with Crippen molar-refractivity contribution >= 4 is 11.9 Å². The van der Waals surface area contributed by atoms with E-state index in [9.17, 15) is 19.8 Å². The smallest absolute Gasteiger partial charge is 0.0595 e. The molecule has 0 aromatic carbocycles. The minimum atomic E-state index is -1.39. The number of carbonyl (C=O) groups excluding carboxylic acids is 2. The highest BCUT2D eigenvalue weighted by Gasteiger charge is 2.03. The van der Waals surface area contributed by atoms with Crippen LogP contribution in [-0.2, 0) is 9.59 Å². The van der Waals surface area contributed by atoms with Crippen LogP contribution in [0, 0.1) is 0 Å². The van der Waals surface area contributed by atoms with Crippen molar-refractivity contribution in [3.63, 3.8) is 0 Å². The fourth-order valence-corrected chi connectivity index (χ4v) is 0.579. The normalized spacial score (nSPS) is 12.5. The summed E-state index contributed by atoms with van der Waals surface area (Å²) in [5.41, 5.74) is 0. The minimum Gasteiger partial charge on any atom is -0.550 e. The van der Waals surface area contributed by atoms with E-state index in [1.165, 1.54) is 0 Å². The maximum Gasteiger partial charge on any atom is 0.0595 e. The van der Waals surface area contributed by atoms with Crippen LogP contribution in [0.25, 0.3) is 0 Å². The topological polar surface area (TPSA) is 100 Å². The molecule has 0 amide bonds. The standard InChI is InChI=1S/C6H10O5/c7-4(3-6(10)11)1-2-5(8)9/h4,7H,1-3H2,(H,8,9)(H,10,11)/p-2/t4-/m0/s1. The minimum absolute atomic E-state index is 0.115. The molecule has 0 fully saturated rings. The number of aliphatic hydroxyl groups is 1. The first-order valence-electron chi connectivity index (χ1n) is 3.10. The van der Waals surface area contributed by atoms with Gasteiger partial charge in [0.2, 0.25) is 0 Å². The lowest BCUT2D eigenvalue weighted by Gasteiger charge is -2.10. The first-order valence-corrected chi connectivity index (χ1v) is 3.10. The third kappa shape index (κ3) is 6.79. The van der Waals surface area contributed by atoms with E-state index in [2.05, 4.69) is 0 Å². The molecular weight excluding hydrogens is 152 g/mol. The first-order chi connectivity index (χ1) is 5.02. The number of carbonyl (C=O) groups is 2. The van der Waals surface area contributed by atoms with Gasteiger partial charge in [-0.2, -0.15) is 0 Å². The molecule has 0 bridgehead atoms. The van der Waals surface area contributed by atoms with Crippen molar-refractivity contribution in [3.8, 4) is 0 Å². The highest BCUT2D eigenvalue weighted by atomic mass is 16.4. The summed E-state index contributed by atoms with van der Waals surface area (Å²) >= 11 is 0. The first kappa shape index (κ1) is 9.90. The van der Waals surface area contributed by atoms with Crippen molar-refractivity contribution in [2.75, 3.05) is 0 Å². The number of aliphatic carboxylic acids is 2. The van der Waals surface area contributed by atoms with E-state index < -0.39 is 24.5 Å². The zero-order valence-corrected chi connectivity index (χ0v) is 5.78. The molecule has 1 atom stereocenters. The third-order valence-corrected chi connectivity index (χ3v) is 1.08. The summed E-state index contributed by atoms with van der Waals surface area (Å²) in [7, 11) is 0. The Morgan fingerprint density at radius 3 is 2.18 bits per heavy atom. The van der Waals surface area contributed by atoms with Gasteiger partial charge in [0.25, 0.3) is 0 Å². The molecule has 0 unspecified atom stereocenters. The molecule has 11 heavy (non-hydrogen) atoms. The van der Waals surface area contributed by atoms with Gasteiger partial charge in [-0.1, -0.05) is 0 Å². The summed E-state index contributed by atoms with van der Waals surface area (Å²) in [5, 5.41) is 28.4. The molecule has 64 valence electrons. The maximum atomic E-state index is 9.82. The van der Waals surface area contributed by atoms with Crippen LogP contribution in [0.15, 0.2) is 0 Å². The van der Waals surface area contributed by atoms with Crippen molar-refractivity contribution in [1.82, 2.24) is 0 Å². The van der Waals surface area contributed by atoms with Crippen molar-refractivity contribution in [1.29, 1.82) is 0 Å². The Morgan fingerprint density at radius 2 is 1.82 bits per heavy atom. The van der Waals surface area contributed by atoms with E-state index in [4.69, 9.17) is 5.11 Å².